The lowest BCUT2D eigenvalue weighted by Crippen LogP contribution is -2.47. The molecule has 3 N–H and O–H groups in total. The molecule has 0 aliphatic heterocycles. The summed E-state index contributed by atoms with van der Waals surface area (Å²) >= 11 is 1.61. The summed E-state index contributed by atoms with van der Waals surface area (Å²) < 4.78 is 0. The molecule has 1 aromatic heterocycles. The van der Waals surface area contributed by atoms with Crippen LogP contribution >= 0.6 is 11.3 Å². The minimum absolute atomic E-state index is 0.215. The first-order valence-electron chi connectivity index (χ1n) is 6.27. The summed E-state index contributed by atoms with van der Waals surface area (Å²) in [6, 6.07) is 0.743. The van der Waals surface area contributed by atoms with Gasteiger partial charge in [0.05, 0.1) is 0 Å². The number of nitrogens with one attached hydrogen (secondary N) is 2. The Morgan fingerprint density at radius 1 is 1.42 bits per heavy atom. The van der Waals surface area contributed by atoms with E-state index in [4.69, 9.17) is 5.11 Å². The highest BCUT2D eigenvalue weighted by atomic mass is 32.1. The highest BCUT2D eigenvalue weighted by Crippen LogP contribution is 2.06. The lowest BCUT2D eigenvalue weighted by molar-refractivity contribution is -0.139. The van der Waals surface area contributed by atoms with Crippen LogP contribution in [0.2, 0.25) is 0 Å². The maximum absolute atomic E-state index is 11.6. The van der Waals surface area contributed by atoms with Gasteiger partial charge in [-0.1, -0.05) is 13.8 Å². The van der Waals surface area contributed by atoms with Crippen LogP contribution in [0.5, 0.6) is 0 Å². The molecular weight excluding hydrogens is 264 g/mol. The molecule has 6 heteroatoms. The lowest BCUT2D eigenvalue weighted by Gasteiger charge is -2.16. The zero-order valence-electron chi connectivity index (χ0n) is 11.2. The van der Waals surface area contributed by atoms with Crippen molar-refractivity contribution in [3.63, 3.8) is 0 Å². The number of carboxylic acid groups (broad SMARTS) is 1. The van der Waals surface area contributed by atoms with Crippen molar-refractivity contribution in [2.75, 3.05) is 6.54 Å². The van der Waals surface area contributed by atoms with Crippen molar-refractivity contribution in [2.45, 2.75) is 32.7 Å². The Labute approximate surface area is 117 Å². The Morgan fingerprint density at radius 2 is 2.16 bits per heavy atom. The quantitative estimate of drug-likeness (QED) is 0.717. The molecule has 1 atom stereocenters. The van der Waals surface area contributed by atoms with Gasteiger partial charge >= 0.3 is 12.0 Å². The van der Waals surface area contributed by atoms with Crippen molar-refractivity contribution in [1.82, 2.24) is 10.6 Å². The molecule has 1 aromatic rings. The first kappa shape index (κ1) is 15.5. The van der Waals surface area contributed by atoms with Crippen LogP contribution in [0.15, 0.2) is 16.8 Å². The molecule has 2 amide bonds. The van der Waals surface area contributed by atoms with Crippen LogP contribution in [0.25, 0.3) is 0 Å². The minimum atomic E-state index is -0.998. The fourth-order valence-electron chi connectivity index (χ4n) is 1.66. The SMILES string of the molecule is CC(C)C[C@@H](NC(=O)NCCc1ccsc1)C(=O)O. The van der Waals surface area contributed by atoms with E-state index >= 15 is 0 Å². The van der Waals surface area contributed by atoms with Gasteiger partial charge in [0.15, 0.2) is 0 Å². The summed E-state index contributed by atoms with van der Waals surface area (Å²) in [5.74, 6) is -0.783. The predicted molar refractivity (Wildman–Crippen MR) is 75.4 cm³/mol. The molecule has 5 nitrogen and oxygen atoms in total. The molecule has 1 rings (SSSR count). The number of aliphatic carboxylic acids is 1. The summed E-state index contributed by atoms with van der Waals surface area (Å²) in [6.45, 7) is 4.34. The average Bonchev–Trinajstić information content (AvgIpc) is 2.80. The molecule has 0 aliphatic carbocycles. The maximum atomic E-state index is 11.6. The van der Waals surface area contributed by atoms with E-state index in [1.54, 1.807) is 11.3 Å². The van der Waals surface area contributed by atoms with Crippen molar-refractivity contribution in [3.05, 3.63) is 22.4 Å². The molecule has 0 saturated heterocycles. The molecule has 0 aliphatic rings. The van der Waals surface area contributed by atoms with Gasteiger partial charge in [0.25, 0.3) is 0 Å². The van der Waals surface area contributed by atoms with Crippen LogP contribution in [0.1, 0.15) is 25.8 Å². The lowest BCUT2D eigenvalue weighted by atomic mass is 10.0. The number of amides is 2. The molecule has 0 saturated carbocycles. The van der Waals surface area contributed by atoms with Crippen molar-refractivity contribution in [1.29, 1.82) is 0 Å². The monoisotopic (exact) mass is 284 g/mol. The van der Waals surface area contributed by atoms with Crippen molar-refractivity contribution >= 4 is 23.3 Å². The molecule has 0 aromatic carbocycles. The smallest absolute Gasteiger partial charge is 0.326 e. The van der Waals surface area contributed by atoms with Crippen molar-refractivity contribution in [3.8, 4) is 0 Å². The van der Waals surface area contributed by atoms with E-state index in [-0.39, 0.29) is 5.92 Å². The highest BCUT2D eigenvalue weighted by molar-refractivity contribution is 7.07. The van der Waals surface area contributed by atoms with Crippen LogP contribution in [-0.2, 0) is 11.2 Å². The number of rotatable bonds is 7. The molecule has 19 heavy (non-hydrogen) atoms. The van der Waals surface area contributed by atoms with Crippen molar-refractivity contribution in [2.24, 2.45) is 5.92 Å². The van der Waals surface area contributed by atoms with E-state index in [2.05, 4.69) is 10.6 Å². The number of thiophene rings is 1. The van der Waals surface area contributed by atoms with Crippen molar-refractivity contribution < 1.29 is 14.7 Å². The molecule has 0 bridgehead atoms. The molecule has 106 valence electrons. The minimum Gasteiger partial charge on any atom is -0.480 e. The largest absolute Gasteiger partial charge is 0.480 e. The third-order valence-electron chi connectivity index (χ3n) is 2.59. The van der Waals surface area contributed by atoms with Crippen LogP contribution in [0.4, 0.5) is 4.79 Å². The summed E-state index contributed by atoms with van der Waals surface area (Å²) in [5.41, 5.74) is 1.17. The third kappa shape index (κ3) is 6.24. The second-order valence-electron chi connectivity index (χ2n) is 4.80. The van der Waals surface area contributed by atoms with Gasteiger partial charge in [-0.25, -0.2) is 9.59 Å². The van der Waals surface area contributed by atoms with Gasteiger partial charge in [0.2, 0.25) is 0 Å². The van der Waals surface area contributed by atoms with E-state index in [1.165, 1.54) is 5.56 Å². The molecule has 0 radical (unpaired) electrons. The van der Waals surface area contributed by atoms with E-state index in [9.17, 15) is 9.59 Å². The molecule has 1 heterocycles. The van der Waals surface area contributed by atoms with Crippen LogP contribution in [0, 0.1) is 5.92 Å². The highest BCUT2D eigenvalue weighted by Gasteiger charge is 2.20. The zero-order chi connectivity index (χ0) is 14.3. The van der Waals surface area contributed by atoms with Gasteiger partial charge in [-0.15, -0.1) is 0 Å². The Balaban J connectivity index is 2.30. The van der Waals surface area contributed by atoms with Gasteiger partial charge in [0, 0.05) is 6.54 Å². The summed E-state index contributed by atoms with van der Waals surface area (Å²) in [4.78, 5) is 22.6. The Morgan fingerprint density at radius 3 is 2.68 bits per heavy atom. The van der Waals surface area contributed by atoms with Crippen LogP contribution < -0.4 is 10.6 Å². The number of hydrogen-bond donors (Lipinski definition) is 3. The van der Waals surface area contributed by atoms with Gasteiger partial charge in [-0.3, -0.25) is 0 Å². The fraction of sp³-hybridized carbons (Fsp3) is 0.538. The summed E-state index contributed by atoms with van der Waals surface area (Å²) in [5, 5.41) is 18.2. The normalized spacial score (nSPS) is 12.2. The van der Waals surface area contributed by atoms with Gasteiger partial charge < -0.3 is 15.7 Å². The predicted octanol–water partition coefficient (Wildman–Crippen LogP) is 2.09. The van der Waals surface area contributed by atoms with Crippen LogP contribution in [-0.4, -0.2) is 29.7 Å². The Hall–Kier alpha value is -1.56. The second kappa shape index (κ2) is 7.78. The Kier molecular flexibility index (Phi) is 6.35. The van der Waals surface area contributed by atoms with E-state index in [0.29, 0.717) is 13.0 Å². The second-order valence-corrected chi connectivity index (χ2v) is 5.58. The summed E-state index contributed by atoms with van der Waals surface area (Å²) in [7, 11) is 0. The van der Waals surface area contributed by atoms with Gasteiger partial charge in [-0.05, 0) is 41.1 Å². The van der Waals surface area contributed by atoms with E-state index < -0.39 is 18.0 Å². The topological polar surface area (TPSA) is 78.4 Å². The fourth-order valence-corrected chi connectivity index (χ4v) is 2.36. The summed E-state index contributed by atoms with van der Waals surface area (Å²) in [6.07, 6.45) is 1.17. The van der Waals surface area contributed by atoms with E-state index in [1.807, 2.05) is 30.7 Å². The third-order valence-corrected chi connectivity index (χ3v) is 3.32. The standard InChI is InChI=1S/C13H20N2O3S/c1-9(2)7-11(12(16)17)15-13(18)14-5-3-10-4-6-19-8-10/h4,6,8-9,11H,3,5,7H2,1-2H3,(H,16,17)(H2,14,15,18)/t11-/m1/s1. The molecule has 0 unspecified atom stereocenters. The average molecular weight is 284 g/mol. The molecule has 0 spiro atoms. The number of carbonyl (C=O) groups is 2. The molecular formula is C13H20N2O3S. The number of carbonyl (C=O) groups excluding carboxylic acids is 1. The first-order valence-corrected chi connectivity index (χ1v) is 7.21. The van der Waals surface area contributed by atoms with Crippen LogP contribution in [0.3, 0.4) is 0 Å². The number of carboxylic acids is 1. The zero-order valence-corrected chi connectivity index (χ0v) is 12.0. The van der Waals surface area contributed by atoms with Gasteiger partial charge in [0.1, 0.15) is 6.04 Å². The number of urea groups is 1. The first-order chi connectivity index (χ1) is 8.99. The maximum Gasteiger partial charge on any atom is 0.326 e. The van der Waals surface area contributed by atoms with Gasteiger partial charge in [-0.2, -0.15) is 11.3 Å². The van der Waals surface area contributed by atoms with E-state index in [0.717, 1.165) is 6.42 Å². The molecule has 0 fully saturated rings. The number of hydrogen-bond acceptors (Lipinski definition) is 3. The Bertz CT molecular complexity index is 404.